The Bertz CT molecular complexity index is 496. The number of aliphatic carboxylic acids is 1. The summed E-state index contributed by atoms with van der Waals surface area (Å²) < 4.78 is 26.3. The van der Waals surface area contributed by atoms with Gasteiger partial charge >= 0.3 is 5.97 Å². The minimum absolute atomic E-state index is 0.380. The van der Waals surface area contributed by atoms with Gasteiger partial charge in [-0.3, -0.25) is 4.79 Å². The van der Waals surface area contributed by atoms with Crippen LogP contribution in [0.1, 0.15) is 43.7 Å². The molecule has 1 atom stereocenters. The first-order valence-electron chi connectivity index (χ1n) is 7.13. The highest BCUT2D eigenvalue weighted by Crippen LogP contribution is 2.30. The summed E-state index contributed by atoms with van der Waals surface area (Å²) in [7, 11) is 0. The van der Waals surface area contributed by atoms with E-state index in [0.29, 0.717) is 31.4 Å². The fraction of sp³-hybridized carbons (Fsp3) is 0.533. The predicted octanol–water partition coefficient (Wildman–Crippen LogP) is 2.34. The Hall–Kier alpha value is -1.53. The van der Waals surface area contributed by atoms with Crippen molar-refractivity contribution in [3.63, 3.8) is 0 Å². The number of carbonyl (C=O) groups is 1. The van der Waals surface area contributed by atoms with E-state index in [2.05, 4.69) is 5.32 Å². The molecule has 4 N–H and O–H groups in total. The molecular weight excluding hydrogens is 278 g/mol. The summed E-state index contributed by atoms with van der Waals surface area (Å²) in [6, 6.07) is 2.67. The zero-order chi connectivity index (χ0) is 15.5. The maximum atomic E-state index is 13.1. The smallest absolute Gasteiger partial charge is 0.323 e. The van der Waals surface area contributed by atoms with E-state index in [0.717, 1.165) is 18.9 Å². The highest BCUT2D eigenvalue weighted by Gasteiger charge is 2.40. The molecule has 0 aliphatic heterocycles. The number of carboxylic acid groups (broad SMARTS) is 1. The van der Waals surface area contributed by atoms with Crippen LogP contribution in [0.4, 0.5) is 8.78 Å². The van der Waals surface area contributed by atoms with E-state index in [1.807, 2.05) is 0 Å². The van der Waals surface area contributed by atoms with Gasteiger partial charge in [0.25, 0.3) is 0 Å². The van der Waals surface area contributed by atoms with Gasteiger partial charge in [0.1, 0.15) is 17.2 Å². The molecule has 2 rings (SSSR count). The van der Waals surface area contributed by atoms with Crippen LogP contribution in [0.15, 0.2) is 18.2 Å². The number of rotatable bonds is 6. The van der Waals surface area contributed by atoms with Gasteiger partial charge in [0.05, 0.1) is 0 Å². The summed E-state index contributed by atoms with van der Waals surface area (Å²) >= 11 is 0. The topological polar surface area (TPSA) is 75.3 Å². The lowest BCUT2D eigenvalue weighted by molar-refractivity contribution is -0.144. The molecule has 0 bridgehead atoms. The second-order valence-corrected chi connectivity index (χ2v) is 5.62. The van der Waals surface area contributed by atoms with Crippen molar-refractivity contribution in [2.24, 2.45) is 5.73 Å². The van der Waals surface area contributed by atoms with Gasteiger partial charge in [-0.1, -0.05) is 12.8 Å². The zero-order valence-electron chi connectivity index (χ0n) is 11.7. The maximum absolute atomic E-state index is 13.1. The van der Waals surface area contributed by atoms with Crippen LogP contribution in [0.5, 0.6) is 0 Å². The molecule has 0 amide bonds. The number of carboxylic acids is 1. The van der Waals surface area contributed by atoms with Crippen molar-refractivity contribution >= 4 is 5.97 Å². The van der Waals surface area contributed by atoms with Gasteiger partial charge < -0.3 is 16.2 Å². The van der Waals surface area contributed by atoms with Crippen molar-refractivity contribution in [1.82, 2.24) is 5.32 Å². The quantitative estimate of drug-likeness (QED) is 0.753. The van der Waals surface area contributed by atoms with Crippen LogP contribution >= 0.6 is 0 Å². The van der Waals surface area contributed by atoms with E-state index >= 15 is 0 Å². The molecule has 1 aliphatic rings. The van der Waals surface area contributed by atoms with E-state index in [9.17, 15) is 18.7 Å². The minimum atomic E-state index is -0.868. The first kappa shape index (κ1) is 15.9. The second-order valence-electron chi connectivity index (χ2n) is 5.62. The number of halogens is 2. The first-order chi connectivity index (χ1) is 9.93. The maximum Gasteiger partial charge on any atom is 0.323 e. The van der Waals surface area contributed by atoms with Crippen molar-refractivity contribution in [3.8, 4) is 0 Å². The molecule has 0 heterocycles. The molecular formula is C15H20F2N2O2. The fourth-order valence-corrected chi connectivity index (χ4v) is 2.87. The first-order valence-corrected chi connectivity index (χ1v) is 7.13. The van der Waals surface area contributed by atoms with E-state index in [1.165, 1.54) is 12.1 Å². The highest BCUT2D eigenvalue weighted by atomic mass is 19.1. The summed E-state index contributed by atoms with van der Waals surface area (Å²) in [5.74, 6) is -2.16. The molecule has 0 unspecified atom stereocenters. The third kappa shape index (κ3) is 3.77. The van der Waals surface area contributed by atoms with E-state index in [1.54, 1.807) is 0 Å². The van der Waals surface area contributed by atoms with Crippen LogP contribution < -0.4 is 11.1 Å². The lowest BCUT2D eigenvalue weighted by Gasteiger charge is -2.26. The third-order valence-corrected chi connectivity index (χ3v) is 4.10. The SMILES string of the molecule is N[C@@H](CCNC1(C(=O)O)CCCC1)c1cc(F)cc(F)c1. The molecule has 6 heteroatoms. The van der Waals surface area contributed by atoms with Gasteiger partial charge in [-0.15, -0.1) is 0 Å². The van der Waals surface area contributed by atoms with Crippen molar-refractivity contribution in [3.05, 3.63) is 35.4 Å². The molecule has 1 saturated carbocycles. The normalized spacial score (nSPS) is 18.6. The van der Waals surface area contributed by atoms with Gasteiger partial charge in [0.2, 0.25) is 0 Å². The Kier molecular flexibility index (Phi) is 4.90. The third-order valence-electron chi connectivity index (χ3n) is 4.10. The Morgan fingerprint density at radius 3 is 2.38 bits per heavy atom. The number of hydrogen-bond donors (Lipinski definition) is 3. The van der Waals surface area contributed by atoms with Crippen LogP contribution in [0.3, 0.4) is 0 Å². The number of nitrogens with two attached hydrogens (primary N) is 1. The van der Waals surface area contributed by atoms with Crippen LogP contribution in [-0.2, 0) is 4.79 Å². The number of hydrogen-bond acceptors (Lipinski definition) is 3. The summed E-state index contributed by atoms with van der Waals surface area (Å²) in [5, 5.41) is 12.4. The molecule has 1 fully saturated rings. The lowest BCUT2D eigenvalue weighted by atomic mass is 9.97. The largest absolute Gasteiger partial charge is 0.480 e. The summed E-state index contributed by atoms with van der Waals surface area (Å²) in [6.45, 7) is 0.394. The minimum Gasteiger partial charge on any atom is -0.480 e. The fourth-order valence-electron chi connectivity index (χ4n) is 2.87. The Labute approximate surface area is 122 Å². The number of benzene rings is 1. The average molecular weight is 298 g/mol. The average Bonchev–Trinajstić information content (AvgIpc) is 2.87. The molecule has 1 aliphatic carbocycles. The number of nitrogens with one attached hydrogen (secondary N) is 1. The monoisotopic (exact) mass is 298 g/mol. The van der Waals surface area contributed by atoms with Crippen molar-refractivity contribution in [2.45, 2.75) is 43.7 Å². The standard InChI is InChI=1S/C15H20F2N2O2/c16-11-7-10(8-12(17)9-11)13(18)3-6-19-15(14(20)21)4-1-2-5-15/h7-9,13,19H,1-6,18H2,(H,20,21)/t13-/m0/s1. The molecule has 21 heavy (non-hydrogen) atoms. The molecule has 1 aromatic rings. The van der Waals surface area contributed by atoms with Crippen LogP contribution in [0.25, 0.3) is 0 Å². The molecule has 0 aromatic heterocycles. The van der Waals surface area contributed by atoms with Gasteiger partial charge in [0.15, 0.2) is 0 Å². The second kappa shape index (κ2) is 6.49. The molecule has 0 spiro atoms. The van der Waals surface area contributed by atoms with E-state index < -0.39 is 29.2 Å². The van der Waals surface area contributed by atoms with E-state index in [-0.39, 0.29) is 0 Å². The Morgan fingerprint density at radius 1 is 1.29 bits per heavy atom. The lowest BCUT2D eigenvalue weighted by Crippen LogP contribution is -2.50. The van der Waals surface area contributed by atoms with Crippen LogP contribution in [-0.4, -0.2) is 23.2 Å². The highest BCUT2D eigenvalue weighted by molar-refractivity contribution is 5.79. The Morgan fingerprint density at radius 2 is 1.86 bits per heavy atom. The zero-order valence-corrected chi connectivity index (χ0v) is 11.7. The van der Waals surface area contributed by atoms with Crippen molar-refractivity contribution < 1.29 is 18.7 Å². The molecule has 1 aromatic carbocycles. The van der Waals surface area contributed by atoms with Crippen LogP contribution in [0.2, 0.25) is 0 Å². The summed E-state index contributed by atoms with van der Waals surface area (Å²) in [6.07, 6.45) is 3.40. The molecule has 4 nitrogen and oxygen atoms in total. The summed E-state index contributed by atoms with van der Waals surface area (Å²) in [4.78, 5) is 11.4. The van der Waals surface area contributed by atoms with Crippen LogP contribution in [0, 0.1) is 11.6 Å². The van der Waals surface area contributed by atoms with Crippen molar-refractivity contribution in [2.75, 3.05) is 6.54 Å². The van der Waals surface area contributed by atoms with E-state index in [4.69, 9.17) is 5.73 Å². The Balaban J connectivity index is 1.92. The van der Waals surface area contributed by atoms with Gasteiger partial charge in [-0.05, 0) is 43.5 Å². The molecule has 0 saturated heterocycles. The van der Waals surface area contributed by atoms with Gasteiger partial charge in [0, 0.05) is 12.1 Å². The predicted molar refractivity (Wildman–Crippen MR) is 74.7 cm³/mol. The molecule has 0 radical (unpaired) electrons. The van der Waals surface area contributed by atoms with Gasteiger partial charge in [-0.25, -0.2) is 8.78 Å². The van der Waals surface area contributed by atoms with Crippen molar-refractivity contribution in [1.29, 1.82) is 0 Å². The summed E-state index contributed by atoms with van der Waals surface area (Å²) in [5.41, 5.74) is 5.43. The van der Waals surface area contributed by atoms with Gasteiger partial charge in [-0.2, -0.15) is 0 Å². The molecule has 116 valence electrons.